The van der Waals surface area contributed by atoms with Crippen molar-refractivity contribution < 1.29 is 10.0 Å². The molecule has 0 saturated heterocycles. The predicted molar refractivity (Wildman–Crippen MR) is 40.5 cm³/mol. The summed E-state index contributed by atoms with van der Waals surface area (Å²) in [5.74, 6) is -0.657. The molecule has 5 nitrogen and oxygen atoms in total. The zero-order chi connectivity index (χ0) is 8.27. The van der Waals surface area contributed by atoms with Crippen molar-refractivity contribution in [3.63, 3.8) is 0 Å². The third-order valence-electron chi connectivity index (χ3n) is 1.39. The van der Waals surface area contributed by atoms with Gasteiger partial charge in [-0.15, -0.1) is 0 Å². The Morgan fingerprint density at radius 3 is 2.91 bits per heavy atom. The maximum Gasteiger partial charge on any atom is 0.469 e. The third kappa shape index (κ3) is 2.34. The third-order valence-corrected chi connectivity index (χ3v) is 1.39. The molecule has 1 heterocycles. The van der Waals surface area contributed by atoms with E-state index in [0.717, 1.165) is 5.69 Å². The number of aromatic nitrogens is 2. The molecule has 1 aromatic heterocycles. The largest absolute Gasteiger partial charge is 0.469 e. The number of H-pyrrole nitrogens is 1. The second kappa shape index (κ2) is 3.52. The Morgan fingerprint density at radius 1 is 1.73 bits per heavy atom. The first-order valence-corrected chi connectivity index (χ1v) is 3.29. The van der Waals surface area contributed by atoms with Crippen LogP contribution in [0.4, 0.5) is 0 Å². The van der Waals surface area contributed by atoms with Crippen LogP contribution in [0.5, 0.6) is 0 Å². The molecule has 0 aliphatic heterocycles. The van der Waals surface area contributed by atoms with Crippen LogP contribution in [0.25, 0.3) is 0 Å². The van der Waals surface area contributed by atoms with E-state index < -0.39 is 13.1 Å². The predicted octanol–water partition coefficient (Wildman–Crippen LogP) is -1.71. The number of nitrogens with zero attached hydrogens (tertiary/aromatic N) is 1. The van der Waals surface area contributed by atoms with Gasteiger partial charge in [0.2, 0.25) is 0 Å². The Kier molecular flexibility index (Phi) is 2.64. The van der Waals surface area contributed by atoms with Gasteiger partial charge < -0.3 is 20.8 Å². The van der Waals surface area contributed by atoms with Gasteiger partial charge in [-0.05, 0) is 0 Å². The van der Waals surface area contributed by atoms with Crippen LogP contribution in [-0.4, -0.2) is 33.1 Å². The maximum absolute atomic E-state index is 8.62. The molecule has 0 spiro atoms. The highest BCUT2D eigenvalue weighted by Crippen LogP contribution is 1.96. The number of nitrogens with two attached hydrogens (primary N) is 1. The molecule has 0 fully saturated rings. The lowest BCUT2D eigenvalue weighted by Crippen LogP contribution is -2.40. The van der Waals surface area contributed by atoms with E-state index >= 15 is 0 Å². The molecule has 0 bridgehead atoms. The van der Waals surface area contributed by atoms with E-state index in [1.54, 1.807) is 6.20 Å². The van der Waals surface area contributed by atoms with Crippen molar-refractivity contribution in [2.24, 2.45) is 5.73 Å². The topological polar surface area (TPSA) is 95.2 Å². The van der Waals surface area contributed by atoms with Crippen molar-refractivity contribution in [2.75, 3.05) is 0 Å². The van der Waals surface area contributed by atoms with Crippen molar-refractivity contribution in [1.82, 2.24) is 9.97 Å². The summed E-state index contributed by atoms with van der Waals surface area (Å²) in [7, 11) is -1.47. The van der Waals surface area contributed by atoms with E-state index in [1.807, 2.05) is 0 Å². The van der Waals surface area contributed by atoms with Crippen LogP contribution in [0.3, 0.4) is 0 Å². The Morgan fingerprint density at radius 2 is 2.45 bits per heavy atom. The van der Waals surface area contributed by atoms with E-state index in [1.165, 1.54) is 6.33 Å². The molecule has 60 valence electrons. The second-order valence-corrected chi connectivity index (χ2v) is 2.36. The van der Waals surface area contributed by atoms with Gasteiger partial charge in [-0.3, -0.25) is 0 Å². The van der Waals surface area contributed by atoms with Gasteiger partial charge in [-0.2, -0.15) is 0 Å². The molecule has 0 aliphatic carbocycles. The Hall–Kier alpha value is -0.845. The zero-order valence-corrected chi connectivity index (χ0v) is 5.94. The van der Waals surface area contributed by atoms with E-state index in [2.05, 4.69) is 9.97 Å². The molecule has 0 unspecified atom stereocenters. The summed E-state index contributed by atoms with van der Waals surface area (Å²) in [4.78, 5) is 6.57. The lowest BCUT2D eigenvalue weighted by atomic mass is 9.78. The highest BCUT2D eigenvalue weighted by atomic mass is 16.4. The number of nitrogens with one attached hydrogen (secondary N) is 1. The van der Waals surface area contributed by atoms with Gasteiger partial charge >= 0.3 is 7.12 Å². The number of aromatic amines is 1. The van der Waals surface area contributed by atoms with Crippen molar-refractivity contribution in [3.05, 3.63) is 18.2 Å². The van der Waals surface area contributed by atoms with E-state index in [4.69, 9.17) is 15.8 Å². The van der Waals surface area contributed by atoms with E-state index in [9.17, 15) is 0 Å². The lowest BCUT2D eigenvalue weighted by molar-refractivity contribution is 0.386. The molecular formula is C5H10BN3O2. The van der Waals surface area contributed by atoms with E-state index in [0.29, 0.717) is 6.42 Å². The number of rotatable bonds is 3. The maximum atomic E-state index is 8.62. The van der Waals surface area contributed by atoms with Crippen LogP contribution in [-0.2, 0) is 6.42 Å². The Balaban J connectivity index is 2.43. The molecule has 0 amide bonds. The van der Waals surface area contributed by atoms with Crippen molar-refractivity contribution in [1.29, 1.82) is 0 Å². The van der Waals surface area contributed by atoms with Crippen molar-refractivity contribution >= 4 is 7.12 Å². The zero-order valence-electron chi connectivity index (χ0n) is 5.94. The Bertz CT molecular complexity index is 202. The number of hydrogen-bond acceptors (Lipinski definition) is 4. The minimum atomic E-state index is -1.47. The molecule has 0 radical (unpaired) electrons. The summed E-state index contributed by atoms with van der Waals surface area (Å²) in [6.45, 7) is 0. The summed E-state index contributed by atoms with van der Waals surface area (Å²) < 4.78 is 0. The van der Waals surface area contributed by atoms with Crippen molar-refractivity contribution in [3.8, 4) is 0 Å². The lowest BCUT2D eigenvalue weighted by Gasteiger charge is -2.06. The highest BCUT2D eigenvalue weighted by Gasteiger charge is 2.18. The summed E-state index contributed by atoms with van der Waals surface area (Å²) in [6.07, 6.45) is 3.51. The van der Waals surface area contributed by atoms with E-state index in [-0.39, 0.29) is 0 Å². The fraction of sp³-hybridized carbons (Fsp3) is 0.400. The summed E-state index contributed by atoms with van der Waals surface area (Å²) in [5.41, 5.74) is 6.16. The smallest absolute Gasteiger partial charge is 0.426 e. The van der Waals surface area contributed by atoms with Crippen LogP contribution >= 0.6 is 0 Å². The van der Waals surface area contributed by atoms with Gasteiger partial charge in [0.1, 0.15) is 0 Å². The molecular weight excluding hydrogens is 145 g/mol. The van der Waals surface area contributed by atoms with Crippen LogP contribution in [0.2, 0.25) is 0 Å². The van der Waals surface area contributed by atoms with Gasteiger partial charge in [0.15, 0.2) is 0 Å². The normalized spacial score (nSPS) is 13.0. The molecule has 0 aliphatic rings. The number of hydrogen-bond donors (Lipinski definition) is 4. The molecule has 1 rings (SSSR count). The van der Waals surface area contributed by atoms with Crippen molar-refractivity contribution in [2.45, 2.75) is 12.4 Å². The van der Waals surface area contributed by atoms with Crippen LogP contribution < -0.4 is 5.73 Å². The van der Waals surface area contributed by atoms with Crippen LogP contribution in [0.1, 0.15) is 5.69 Å². The first-order chi connectivity index (χ1) is 5.20. The number of imidazole rings is 1. The fourth-order valence-electron chi connectivity index (χ4n) is 0.756. The molecule has 11 heavy (non-hydrogen) atoms. The molecule has 1 aromatic rings. The summed E-state index contributed by atoms with van der Waals surface area (Å²) in [5, 5.41) is 17.2. The van der Waals surface area contributed by atoms with Gasteiger partial charge in [-0.1, -0.05) is 0 Å². The summed E-state index contributed by atoms with van der Waals surface area (Å²) in [6, 6.07) is 0. The van der Waals surface area contributed by atoms with Crippen LogP contribution in [0.15, 0.2) is 12.5 Å². The SMILES string of the molecule is N[C@@H](Cc1cnc[nH]1)B(O)O. The average Bonchev–Trinajstić information content (AvgIpc) is 2.39. The van der Waals surface area contributed by atoms with Gasteiger partial charge in [0.05, 0.1) is 6.33 Å². The second-order valence-electron chi connectivity index (χ2n) is 2.36. The first kappa shape index (κ1) is 8.25. The molecule has 0 aromatic carbocycles. The van der Waals surface area contributed by atoms with Crippen LogP contribution in [0, 0.1) is 0 Å². The molecule has 5 N–H and O–H groups in total. The summed E-state index contributed by atoms with van der Waals surface area (Å²) >= 11 is 0. The Labute approximate surface area is 64.4 Å². The molecule has 0 saturated carbocycles. The minimum absolute atomic E-state index is 0.387. The molecule has 1 atom stereocenters. The standard InChI is InChI=1S/C5H10BN3O2/c7-5(6(10)11)1-4-2-8-3-9-4/h2-3,5,10-11H,1,7H2,(H,8,9)/t5-/m0/s1. The monoisotopic (exact) mass is 155 g/mol. The quantitative estimate of drug-likeness (QED) is 0.391. The minimum Gasteiger partial charge on any atom is -0.426 e. The average molecular weight is 155 g/mol. The van der Waals surface area contributed by atoms with Gasteiger partial charge in [0.25, 0.3) is 0 Å². The van der Waals surface area contributed by atoms with Gasteiger partial charge in [0, 0.05) is 24.3 Å². The first-order valence-electron chi connectivity index (χ1n) is 3.29. The fourth-order valence-corrected chi connectivity index (χ4v) is 0.756. The molecule has 6 heteroatoms. The van der Waals surface area contributed by atoms with Gasteiger partial charge in [-0.25, -0.2) is 4.98 Å². The highest BCUT2D eigenvalue weighted by molar-refractivity contribution is 6.43.